The Labute approximate surface area is 198 Å². The van der Waals surface area contributed by atoms with E-state index in [2.05, 4.69) is 32.7 Å². The second kappa shape index (κ2) is 10.3. The van der Waals surface area contributed by atoms with Crippen molar-refractivity contribution < 1.29 is 24.2 Å². The number of carbonyl (C=O) groups is 3. The smallest absolute Gasteiger partial charge is 0.412 e. The van der Waals surface area contributed by atoms with E-state index in [9.17, 15) is 24.3 Å². The number of nitrogens with one attached hydrogen (secondary N) is 1. The molecule has 34 heavy (non-hydrogen) atoms. The van der Waals surface area contributed by atoms with Gasteiger partial charge in [0.1, 0.15) is 0 Å². The molecule has 184 valence electrons. The molecule has 1 aliphatic rings. The number of alkyl carbamates (subject to hydrolysis) is 1. The van der Waals surface area contributed by atoms with Gasteiger partial charge in [0, 0.05) is 19.0 Å². The summed E-state index contributed by atoms with van der Waals surface area (Å²) in [4.78, 5) is 50.5. The number of aromatic nitrogens is 2. The zero-order valence-corrected chi connectivity index (χ0v) is 20.2. The normalized spacial score (nSPS) is 20.3. The summed E-state index contributed by atoms with van der Waals surface area (Å²) in [6.45, 7) is 11.4. The number of ether oxygens (including phenoxy) is 1. The van der Waals surface area contributed by atoms with Crippen LogP contribution in [0.4, 0.5) is 4.79 Å². The highest BCUT2D eigenvalue weighted by Crippen LogP contribution is 2.39. The van der Waals surface area contributed by atoms with Crippen LogP contribution in [0.3, 0.4) is 0 Å². The molecule has 1 heterocycles. The molecule has 9 heteroatoms. The van der Waals surface area contributed by atoms with E-state index in [0.717, 1.165) is 12.8 Å². The molecule has 1 fully saturated rings. The first-order chi connectivity index (χ1) is 16.0. The van der Waals surface area contributed by atoms with Crippen molar-refractivity contribution >= 4 is 29.0 Å². The van der Waals surface area contributed by atoms with Gasteiger partial charge in [-0.1, -0.05) is 33.8 Å². The van der Waals surface area contributed by atoms with E-state index in [1.807, 2.05) is 0 Å². The first-order valence-electron chi connectivity index (χ1n) is 11.6. The van der Waals surface area contributed by atoms with E-state index >= 15 is 0 Å². The van der Waals surface area contributed by atoms with Crippen molar-refractivity contribution in [3.8, 4) is 0 Å². The van der Waals surface area contributed by atoms with Crippen LogP contribution >= 0.6 is 0 Å². The van der Waals surface area contributed by atoms with Crippen LogP contribution in [0.1, 0.15) is 62.1 Å². The van der Waals surface area contributed by atoms with Crippen molar-refractivity contribution in [2.45, 2.75) is 53.5 Å². The summed E-state index contributed by atoms with van der Waals surface area (Å²) in [5, 5.41) is 12.0. The zero-order valence-electron chi connectivity index (χ0n) is 20.2. The first-order valence-corrected chi connectivity index (χ1v) is 11.6. The van der Waals surface area contributed by atoms with E-state index in [1.54, 1.807) is 0 Å². The summed E-state index contributed by atoms with van der Waals surface area (Å²) in [5.74, 6) is -0.595. The SMILES string of the molecule is C=C(C)OC(=O)NCCn1c(=O)n(C(=O)[C@@H]2C[C@H](C)CC[C@H]2C(C)C)c2ccc(C(=O)O)cc21. The Morgan fingerprint density at radius 1 is 1.24 bits per heavy atom. The van der Waals surface area contributed by atoms with Crippen LogP contribution in [-0.4, -0.2) is 38.8 Å². The van der Waals surface area contributed by atoms with Crippen LogP contribution in [0.25, 0.3) is 11.0 Å². The maximum Gasteiger partial charge on any atom is 0.412 e. The van der Waals surface area contributed by atoms with Crippen LogP contribution in [0, 0.1) is 23.7 Å². The molecule has 0 radical (unpaired) electrons. The number of amides is 1. The predicted octanol–water partition coefficient (Wildman–Crippen LogP) is 4.11. The van der Waals surface area contributed by atoms with E-state index in [0.29, 0.717) is 29.3 Å². The summed E-state index contributed by atoms with van der Waals surface area (Å²) in [7, 11) is 0. The Kier molecular flexibility index (Phi) is 7.64. The first kappa shape index (κ1) is 25.3. The number of allylic oxidation sites excluding steroid dienone is 1. The Hall–Kier alpha value is -3.36. The van der Waals surface area contributed by atoms with Crippen LogP contribution in [0.5, 0.6) is 0 Å². The third kappa shape index (κ3) is 5.24. The number of hydrogen-bond donors (Lipinski definition) is 2. The molecule has 0 bridgehead atoms. The highest BCUT2D eigenvalue weighted by atomic mass is 16.6. The van der Waals surface area contributed by atoms with Crippen LogP contribution < -0.4 is 11.0 Å². The fourth-order valence-corrected chi connectivity index (χ4v) is 4.93. The molecule has 1 aromatic heterocycles. The van der Waals surface area contributed by atoms with Gasteiger partial charge in [-0.3, -0.25) is 9.36 Å². The van der Waals surface area contributed by atoms with Gasteiger partial charge in [-0.2, -0.15) is 0 Å². The van der Waals surface area contributed by atoms with Gasteiger partial charge in [0.2, 0.25) is 5.91 Å². The summed E-state index contributed by atoms with van der Waals surface area (Å²) in [6.07, 6.45) is 1.99. The number of carboxylic acids is 1. The van der Waals surface area contributed by atoms with Crippen molar-refractivity contribution in [2.24, 2.45) is 23.7 Å². The number of carbonyl (C=O) groups excluding carboxylic acids is 2. The fraction of sp³-hybridized carbons (Fsp3) is 0.520. The number of carboxylic acid groups (broad SMARTS) is 1. The third-order valence-electron chi connectivity index (χ3n) is 6.61. The molecule has 3 rings (SSSR count). The van der Waals surface area contributed by atoms with Crippen LogP contribution in [0.2, 0.25) is 0 Å². The second-order valence-electron chi connectivity index (χ2n) is 9.57. The third-order valence-corrected chi connectivity index (χ3v) is 6.61. The van der Waals surface area contributed by atoms with Gasteiger partial charge in [0.25, 0.3) is 0 Å². The van der Waals surface area contributed by atoms with E-state index in [1.165, 1.54) is 34.3 Å². The predicted molar refractivity (Wildman–Crippen MR) is 128 cm³/mol. The number of fused-ring (bicyclic) bond motifs is 1. The van der Waals surface area contributed by atoms with E-state index < -0.39 is 17.8 Å². The fourth-order valence-electron chi connectivity index (χ4n) is 4.93. The van der Waals surface area contributed by atoms with Gasteiger partial charge in [-0.05, 0) is 55.7 Å². The van der Waals surface area contributed by atoms with Gasteiger partial charge in [0.05, 0.1) is 22.4 Å². The minimum atomic E-state index is -1.14. The van der Waals surface area contributed by atoms with Gasteiger partial charge >= 0.3 is 17.8 Å². The largest absolute Gasteiger partial charge is 0.478 e. The Morgan fingerprint density at radius 3 is 2.56 bits per heavy atom. The maximum absolute atomic E-state index is 13.8. The van der Waals surface area contributed by atoms with Crippen molar-refractivity contribution in [2.75, 3.05) is 6.54 Å². The summed E-state index contributed by atoms with van der Waals surface area (Å²) in [6, 6.07) is 4.29. The van der Waals surface area contributed by atoms with E-state index in [4.69, 9.17) is 4.74 Å². The number of nitrogens with zero attached hydrogens (tertiary/aromatic N) is 2. The maximum atomic E-state index is 13.8. The Balaban J connectivity index is 2.02. The highest BCUT2D eigenvalue weighted by Gasteiger charge is 2.37. The molecule has 0 aliphatic heterocycles. The summed E-state index contributed by atoms with van der Waals surface area (Å²) < 4.78 is 7.37. The molecule has 1 amide bonds. The molecular formula is C25H33N3O6. The molecule has 0 spiro atoms. The lowest BCUT2D eigenvalue weighted by molar-refractivity contribution is 0.0632. The van der Waals surface area contributed by atoms with Gasteiger partial charge in [-0.25, -0.2) is 19.0 Å². The molecular weight excluding hydrogens is 438 g/mol. The number of hydrogen-bond acceptors (Lipinski definition) is 5. The minimum Gasteiger partial charge on any atom is -0.478 e. The molecule has 2 aromatic rings. The zero-order chi connectivity index (χ0) is 25.2. The molecule has 2 N–H and O–H groups in total. The lowest BCUT2D eigenvalue weighted by Crippen LogP contribution is -2.40. The van der Waals surface area contributed by atoms with Crippen molar-refractivity contribution in [3.05, 3.63) is 46.6 Å². The van der Waals surface area contributed by atoms with Gasteiger partial charge in [-0.15, -0.1) is 0 Å². The summed E-state index contributed by atoms with van der Waals surface area (Å²) >= 11 is 0. The lowest BCUT2D eigenvalue weighted by Gasteiger charge is -2.36. The number of aromatic carboxylic acids is 1. The number of rotatable bonds is 7. The summed E-state index contributed by atoms with van der Waals surface area (Å²) in [5.41, 5.74) is 0.161. The highest BCUT2D eigenvalue weighted by molar-refractivity contribution is 5.96. The lowest BCUT2D eigenvalue weighted by atomic mass is 9.69. The van der Waals surface area contributed by atoms with Gasteiger partial charge in [0.15, 0.2) is 0 Å². The van der Waals surface area contributed by atoms with Crippen molar-refractivity contribution in [1.82, 2.24) is 14.5 Å². The van der Waals surface area contributed by atoms with Crippen molar-refractivity contribution in [3.63, 3.8) is 0 Å². The molecule has 1 saturated carbocycles. The minimum absolute atomic E-state index is 0.00634. The Morgan fingerprint density at radius 2 is 1.94 bits per heavy atom. The number of benzene rings is 1. The molecule has 3 atom stereocenters. The Bertz CT molecular complexity index is 1180. The molecule has 0 unspecified atom stereocenters. The molecule has 9 nitrogen and oxygen atoms in total. The van der Waals surface area contributed by atoms with E-state index in [-0.39, 0.29) is 42.2 Å². The monoisotopic (exact) mass is 471 g/mol. The second-order valence-corrected chi connectivity index (χ2v) is 9.57. The van der Waals surface area contributed by atoms with Gasteiger partial charge < -0.3 is 15.2 Å². The van der Waals surface area contributed by atoms with Crippen molar-refractivity contribution in [1.29, 1.82) is 0 Å². The van der Waals surface area contributed by atoms with Crippen LogP contribution in [0.15, 0.2) is 35.3 Å². The molecule has 1 aromatic carbocycles. The average Bonchev–Trinajstić information content (AvgIpc) is 3.03. The molecule has 0 saturated heterocycles. The average molecular weight is 472 g/mol. The standard InChI is InChI=1S/C25H33N3O6/c1-14(2)18-8-6-16(5)12-19(18)22(29)28-20-9-7-17(23(30)31)13-21(20)27(25(28)33)11-10-26-24(32)34-15(3)4/h7,9,13-14,16,18-19H,3,6,8,10-12H2,1-2,4-5H3,(H,26,32)(H,30,31)/t16-,18+,19-/m1/s1. The molecule has 1 aliphatic carbocycles. The van der Waals surface area contributed by atoms with Crippen LogP contribution in [-0.2, 0) is 11.3 Å². The quantitative estimate of drug-likeness (QED) is 0.587. The topological polar surface area (TPSA) is 120 Å². The number of imidazole rings is 1.